The third kappa shape index (κ3) is 2.41. The summed E-state index contributed by atoms with van der Waals surface area (Å²) in [6, 6.07) is 4.10. The molecule has 2 aliphatic rings. The predicted octanol–water partition coefficient (Wildman–Crippen LogP) is 2.29. The van der Waals surface area contributed by atoms with Crippen LogP contribution in [-0.2, 0) is 6.18 Å². The van der Waals surface area contributed by atoms with Crippen molar-refractivity contribution in [2.24, 2.45) is 5.41 Å². The van der Waals surface area contributed by atoms with E-state index in [2.05, 4.69) is 10.3 Å². The lowest BCUT2D eigenvalue weighted by Crippen LogP contribution is -2.60. The number of hydrogen-bond acceptors (Lipinski definition) is 3. The zero-order valence-corrected chi connectivity index (χ0v) is 10.5. The molecule has 2 fully saturated rings. The van der Waals surface area contributed by atoms with Crippen LogP contribution in [0.25, 0.3) is 0 Å². The lowest BCUT2D eigenvalue weighted by molar-refractivity contribution is -0.141. The first kappa shape index (κ1) is 12.7. The van der Waals surface area contributed by atoms with E-state index in [1.807, 2.05) is 4.90 Å². The second-order valence-corrected chi connectivity index (χ2v) is 5.48. The van der Waals surface area contributed by atoms with Crippen LogP contribution in [0, 0.1) is 5.41 Å². The van der Waals surface area contributed by atoms with E-state index in [9.17, 15) is 13.2 Å². The highest BCUT2D eigenvalue weighted by molar-refractivity contribution is 5.44. The number of anilines is 1. The van der Waals surface area contributed by atoms with Gasteiger partial charge in [-0.1, -0.05) is 6.07 Å². The SMILES string of the molecule is FC(F)(F)c1cccc(N2CC3(CCNCC3)C2)n1. The zero-order valence-electron chi connectivity index (χ0n) is 10.5. The van der Waals surface area contributed by atoms with Crippen molar-refractivity contribution < 1.29 is 13.2 Å². The van der Waals surface area contributed by atoms with Gasteiger partial charge in [0, 0.05) is 18.5 Å². The molecule has 0 radical (unpaired) electrons. The smallest absolute Gasteiger partial charge is 0.355 e. The van der Waals surface area contributed by atoms with Crippen LogP contribution in [-0.4, -0.2) is 31.2 Å². The molecule has 0 bridgehead atoms. The second-order valence-electron chi connectivity index (χ2n) is 5.48. The Labute approximate surface area is 109 Å². The van der Waals surface area contributed by atoms with Crippen molar-refractivity contribution in [3.63, 3.8) is 0 Å². The molecule has 2 saturated heterocycles. The molecule has 0 aliphatic carbocycles. The van der Waals surface area contributed by atoms with E-state index in [-0.39, 0.29) is 0 Å². The fourth-order valence-electron chi connectivity index (χ4n) is 2.96. The Morgan fingerprint density at radius 3 is 2.47 bits per heavy atom. The summed E-state index contributed by atoms with van der Waals surface area (Å²) in [5.41, 5.74) is -0.516. The van der Waals surface area contributed by atoms with Gasteiger partial charge < -0.3 is 10.2 Å². The minimum Gasteiger partial charge on any atom is -0.355 e. The summed E-state index contributed by atoms with van der Waals surface area (Å²) in [6.07, 6.45) is -2.17. The van der Waals surface area contributed by atoms with Crippen LogP contribution in [0.5, 0.6) is 0 Å². The van der Waals surface area contributed by atoms with Crippen LogP contribution >= 0.6 is 0 Å². The van der Waals surface area contributed by atoms with Crippen LogP contribution < -0.4 is 10.2 Å². The molecule has 3 heterocycles. The van der Waals surface area contributed by atoms with Crippen molar-refractivity contribution in [3.8, 4) is 0 Å². The summed E-state index contributed by atoms with van der Waals surface area (Å²) in [5, 5.41) is 3.31. The summed E-state index contributed by atoms with van der Waals surface area (Å²) in [6.45, 7) is 3.65. The average molecular weight is 271 g/mol. The number of aromatic nitrogens is 1. The maximum absolute atomic E-state index is 12.6. The molecule has 0 unspecified atom stereocenters. The van der Waals surface area contributed by atoms with Crippen LogP contribution in [0.4, 0.5) is 19.0 Å². The van der Waals surface area contributed by atoms with Gasteiger partial charge in [-0.3, -0.25) is 0 Å². The molecule has 0 saturated carbocycles. The number of nitrogens with zero attached hydrogens (tertiary/aromatic N) is 2. The Kier molecular flexibility index (Phi) is 2.92. The van der Waals surface area contributed by atoms with E-state index < -0.39 is 11.9 Å². The van der Waals surface area contributed by atoms with E-state index in [4.69, 9.17) is 0 Å². The normalized spacial score (nSPS) is 22.4. The predicted molar refractivity (Wildman–Crippen MR) is 66.0 cm³/mol. The van der Waals surface area contributed by atoms with Gasteiger partial charge in [0.05, 0.1) is 0 Å². The van der Waals surface area contributed by atoms with Crippen LogP contribution in [0.1, 0.15) is 18.5 Å². The number of piperidine rings is 1. The Balaban J connectivity index is 1.71. The van der Waals surface area contributed by atoms with Gasteiger partial charge in [-0.15, -0.1) is 0 Å². The lowest BCUT2D eigenvalue weighted by Gasteiger charge is -2.53. The van der Waals surface area contributed by atoms with Crippen molar-refractivity contribution in [2.75, 3.05) is 31.1 Å². The third-order valence-corrected chi connectivity index (χ3v) is 4.07. The number of nitrogens with one attached hydrogen (secondary N) is 1. The molecule has 0 atom stereocenters. The summed E-state index contributed by atoms with van der Waals surface area (Å²) in [5.74, 6) is 0.444. The Morgan fingerprint density at radius 1 is 1.16 bits per heavy atom. The monoisotopic (exact) mass is 271 g/mol. The highest BCUT2D eigenvalue weighted by Crippen LogP contribution is 2.41. The first-order chi connectivity index (χ1) is 8.99. The molecule has 0 aromatic carbocycles. The first-order valence-corrected chi connectivity index (χ1v) is 6.49. The Bertz CT molecular complexity index is 458. The Hall–Kier alpha value is -1.30. The topological polar surface area (TPSA) is 28.2 Å². The van der Waals surface area contributed by atoms with Gasteiger partial charge in [0.2, 0.25) is 0 Å². The molecule has 0 amide bonds. The fraction of sp³-hybridized carbons (Fsp3) is 0.615. The van der Waals surface area contributed by atoms with Gasteiger partial charge in [0.15, 0.2) is 0 Å². The molecule has 2 aliphatic heterocycles. The lowest BCUT2D eigenvalue weighted by atomic mass is 9.72. The minimum atomic E-state index is -4.37. The summed E-state index contributed by atoms with van der Waals surface area (Å²) >= 11 is 0. The summed E-state index contributed by atoms with van der Waals surface area (Å²) in [4.78, 5) is 5.67. The summed E-state index contributed by atoms with van der Waals surface area (Å²) < 4.78 is 37.8. The summed E-state index contributed by atoms with van der Waals surface area (Å²) in [7, 11) is 0. The number of pyridine rings is 1. The van der Waals surface area contributed by atoms with Crippen LogP contribution in [0.3, 0.4) is 0 Å². The molecule has 3 nitrogen and oxygen atoms in total. The molecule has 104 valence electrons. The highest BCUT2D eigenvalue weighted by atomic mass is 19.4. The number of rotatable bonds is 1. The molecule has 1 spiro atoms. The maximum atomic E-state index is 12.6. The standard InChI is InChI=1S/C13H16F3N3/c14-13(15,16)10-2-1-3-11(18-10)19-8-12(9-19)4-6-17-7-5-12/h1-3,17H,4-9H2. The van der Waals surface area contributed by atoms with Crippen molar-refractivity contribution >= 4 is 5.82 Å². The molecule has 1 N–H and O–H groups in total. The molecule has 1 aromatic rings. The van der Waals surface area contributed by atoms with Gasteiger partial charge in [-0.25, -0.2) is 4.98 Å². The molecule has 19 heavy (non-hydrogen) atoms. The zero-order chi connectivity index (χ0) is 13.5. The van der Waals surface area contributed by atoms with E-state index in [1.54, 1.807) is 6.07 Å². The maximum Gasteiger partial charge on any atom is 0.433 e. The van der Waals surface area contributed by atoms with Crippen molar-refractivity contribution in [2.45, 2.75) is 19.0 Å². The number of hydrogen-bond donors (Lipinski definition) is 1. The van der Waals surface area contributed by atoms with Gasteiger partial charge >= 0.3 is 6.18 Å². The van der Waals surface area contributed by atoms with Crippen molar-refractivity contribution in [3.05, 3.63) is 23.9 Å². The molecule has 6 heteroatoms. The highest BCUT2D eigenvalue weighted by Gasteiger charge is 2.44. The average Bonchev–Trinajstić information content (AvgIpc) is 2.36. The van der Waals surface area contributed by atoms with Gasteiger partial charge in [-0.2, -0.15) is 13.2 Å². The molecular formula is C13H16F3N3. The largest absolute Gasteiger partial charge is 0.433 e. The molecule has 1 aromatic heterocycles. The fourth-order valence-corrected chi connectivity index (χ4v) is 2.96. The van der Waals surface area contributed by atoms with E-state index >= 15 is 0 Å². The number of alkyl halides is 3. The quantitative estimate of drug-likeness (QED) is 0.849. The van der Waals surface area contributed by atoms with Crippen LogP contribution in [0.2, 0.25) is 0 Å². The molecule has 3 rings (SSSR count). The van der Waals surface area contributed by atoms with E-state index in [1.165, 1.54) is 6.07 Å². The van der Waals surface area contributed by atoms with Gasteiger partial charge in [0.25, 0.3) is 0 Å². The van der Waals surface area contributed by atoms with E-state index in [0.717, 1.165) is 45.1 Å². The van der Waals surface area contributed by atoms with E-state index in [0.29, 0.717) is 11.2 Å². The first-order valence-electron chi connectivity index (χ1n) is 6.49. The van der Waals surface area contributed by atoms with Crippen molar-refractivity contribution in [1.82, 2.24) is 10.3 Å². The molecular weight excluding hydrogens is 255 g/mol. The van der Waals surface area contributed by atoms with Gasteiger partial charge in [0.1, 0.15) is 11.5 Å². The number of halogens is 3. The third-order valence-electron chi connectivity index (χ3n) is 4.07. The Morgan fingerprint density at radius 2 is 1.84 bits per heavy atom. The second kappa shape index (κ2) is 4.37. The minimum absolute atomic E-state index is 0.293. The van der Waals surface area contributed by atoms with Crippen LogP contribution in [0.15, 0.2) is 18.2 Å². The van der Waals surface area contributed by atoms with Gasteiger partial charge in [-0.05, 0) is 38.1 Å². The van der Waals surface area contributed by atoms with Crippen molar-refractivity contribution in [1.29, 1.82) is 0 Å².